The van der Waals surface area contributed by atoms with E-state index >= 15 is 0 Å². The molecule has 0 saturated carbocycles. The Morgan fingerprint density at radius 1 is 1.35 bits per heavy atom. The van der Waals surface area contributed by atoms with Gasteiger partial charge in [-0.05, 0) is 11.6 Å². The standard InChI is InChI=1S/C12H17FN2OS/c13-12-7-10(8-14)1-2-11(12)9-15-3-5-17(16)6-4-15/h1-2,7H,3-6,8-9,14H2. The number of nitrogens with two attached hydrogens (primary N) is 1. The lowest BCUT2D eigenvalue weighted by Crippen LogP contribution is -2.37. The van der Waals surface area contributed by atoms with Crippen molar-refractivity contribution in [3.63, 3.8) is 0 Å². The predicted molar refractivity (Wildman–Crippen MR) is 67.4 cm³/mol. The summed E-state index contributed by atoms with van der Waals surface area (Å²) in [6.07, 6.45) is 0. The van der Waals surface area contributed by atoms with E-state index in [0.717, 1.165) is 18.7 Å². The fraction of sp³-hybridized carbons (Fsp3) is 0.500. The number of nitrogens with zero attached hydrogens (tertiary/aromatic N) is 1. The molecule has 0 aromatic heterocycles. The highest BCUT2D eigenvalue weighted by Crippen LogP contribution is 2.14. The average molecular weight is 256 g/mol. The molecule has 1 fully saturated rings. The van der Waals surface area contributed by atoms with Crippen molar-refractivity contribution in [1.29, 1.82) is 0 Å². The summed E-state index contributed by atoms with van der Waals surface area (Å²) in [7, 11) is -0.681. The average Bonchev–Trinajstić information content (AvgIpc) is 2.34. The SMILES string of the molecule is NCc1ccc(CN2CCS(=O)CC2)c(F)c1. The number of benzene rings is 1. The molecule has 2 rings (SSSR count). The molecule has 3 nitrogen and oxygen atoms in total. The van der Waals surface area contributed by atoms with Gasteiger partial charge < -0.3 is 5.73 Å². The van der Waals surface area contributed by atoms with Gasteiger partial charge in [0, 0.05) is 54.0 Å². The van der Waals surface area contributed by atoms with Gasteiger partial charge in [-0.25, -0.2) is 4.39 Å². The van der Waals surface area contributed by atoms with Crippen LogP contribution in [0.1, 0.15) is 11.1 Å². The van der Waals surface area contributed by atoms with Crippen LogP contribution in [0.25, 0.3) is 0 Å². The van der Waals surface area contributed by atoms with Gasteiger partial charge in [-0.2, -0.15) is 0 Å². The highest BCUT2D eigenvalue weighted by atomic mass is 32.2. The Morgan fingerprint density at radius 2 is 2.06 bits per heavy atom. The summed E-state index contributed by atoms with van der Waals surface area (Å²) >= 11 is 0. The van der Waals surface area contributed by atoms with Crippen molar-refractivity contribution in [1.82, 2.24) is 4.90 Å². The normalized spacial score (nSPS) is 18.5. The second kappa shape index (κ2) is 5.71. The van der Waals surface area contributed by atoms with Gasteiger partial charge in [0.1, 0.15) is 5.82 Å². The van der Waals surface area contributed by atoms with E-state index in [2.05, 4.69) is 4.90 Å². The molecule has 17 heavy (non-hydrogen) atoms. The van der Waals surface area contributed by atoms with Crippen LogP contribution in [0.15, 0.2) is 18.2 Å². The van der Waals surface area contributed by atoms with Crippen molar-refractivity contribution in [2.75, 3.05) is 24.6 Å². The molecule has 5 heteroatoms. The van der Waals surface area contributed by atoms with Crippen molar-refractivity contribution >= 4 is 10.8 Å². The molecule has 0 amide bonds. The maximum atomic E-state index is 13.7. The summed E-state index contributed by atoms with van der Waals surface area (Å²) in [4.78, 5) is 2.14. The highest BCUT2D eigenvalue weighted by Gasteiger charge is 2.16. The molecule has 0 spiro atoms. The first-order valence-electron chi connectivity index (χ1n) is 5.74. The third-order valence-corrected chi connectivity index (χ3v) is 4.29. The van der Waals surface area contributed by atoms with E-state index in [9.17, 15) is 8.60 Å². The van der Waals surface area contributed by atoms with Crippen LogP contribution >= 0.6 is 0 Å². The number of hydrogen-bond donors (Lipinski definition) is 1. The van der Waals surface area contributed by atoms with Gasteiger partial charge in [-0.1, -0.05) is 12.1 Å². The van der Waals surface area contributed by atoms with Crippen LogP contribution in [0.4, 0.5) is 4.39 Å². The largest absolute Gasteiger partial charge is 0.326 e. The zero-order valence-corrected chi connectivity index (χ0v) is 10.5. The van der Waals surface area contributed by atoms with E-state index < -0.39 is 10.8 Å². The van der Waals surface area contributed by atoms with Crippen LogP contribution in [0.5, 0.6) is 0 Å². The van der Waals surface area contributed by atoms with E-state index in [1.54, 1.807) is 6.07 Å². The van der Waals surface area contributed by atoms with Gasteiger partial charge in [0.05, 0.1) is 0 Å². The molecule has 0 aliphatic carbocycles. The minimum atomic E-state index is -0.681. The van der Waals surface area contributed by atoms with Crippen LogP contribution < -0.4 is 5.73 Å². The van der Waals surface area contributed by atoms with Gasteiger partial charge in [-0.3, -0.25) is 9.11 Å². The predicted octanol–water partition coefficient (Wildman–Crippen LogP) is 0.849. The van der Waals surface area contributed by atoms with Gasteiger partial charge in [0.2, 0.25) is 0 Å². The minimum absolute atomic E-state index is 0.195. The zero-order valence-electron chi connectivity index (χ0n) is 9.69. The molecule has 1 aliphatic heterocycles. The van der Waals surface area contributed by atoms with Crippen molar-refractivity contribution in [2.24, 2.45) is 5.73 Å². The van der Waals surface area contributed by atoms with Crippen LogP contribution in [-0.2, 0) is 23.9 Å². The Kier molecular flexibility index (Phi) is 4.25. The summed E-state index contributed by atoms with van der Waals surface area (Å²) in [6, 6.07) is 5.15. The Labute approximate surface area is 103 Å². The van der Waals surface area contributed by atoms with Gasteiger partial charge in [-0.15, -0.1) is 0 Å². The van der Waals surface area contributed by atoms with Crippen LogP contribution in [-0.4, -0.2) is 33.7 Å². The van der Waals surface area contributed by atoms with E-state index in [1.807, 2.05) is 6.07 Å². The third kappa shape index (κ3) is 3.34. The van der Waals surface area contributed by atoms with E-state index in [-0.39, 0.29) is 5.82 Å². The first-order valence-corrected chi connectivity index (χ1v) is 7.22. The fourth-order valence-corrected chi connectivity index (χ4v) is 3.05. The Balaban J connectivity index is 2.01. The van der Waals surface area contributed by atoms with E-state index in [0.29, 0.717) is 30.2 Å². The molecule has 1 aliphatic rings. The molecule has 1 heterocycles. The van der Waals surface area contributed by atoms with Crippen molar-refractivity contribution in [3.8, 4) is 0 Å². The van der Waals surface area contributed by atoms with E-state index in [4.69, 9.17) is 5.73 Å². The molecule has 0 atom stereocenters. The van der Waals surface area contributed by atoms with Crippen molar-refractivity contribution in [2.45, 2.75) is 13.1 Å². The number of halogens is 1. The molecular weight excluding hydrogens is 239 g/mol. The quantitative estimate of drug-likeness (QED) is 0.872. The second-order valence-corrected chi connectivity index (χ2v) is 5.95. The molecule has 1 saturated heterocycles. The fourth-order valence-electron chi connectivity index (χ4n) is 1.92. The lowest BCUT2D eigenvalue weighted by molar-refractivity contribution is 0.287. The Morgan fingerprint density at radius 3 is 2.65 bits per heavy atom. The Bertz CT molecular complexity index is 415. The third-order valence-electron chi connectivity index (χ3n) is 3.02. The summed E-state index contributed by atoms with van der Waals surface area (Å²) in [5.41, 5.74) is 6.96. The monoisotopic (exact) mass is 256 g/mol. The zero-order chi connectivity index (χ0) is 12.3. The summed E-state index contributed by atoms with van der Waals surface area (Å²) < 4.78 is 24.9. The van der Waals surface area contributed by atoms with Crippen molar-refractivity contribution in [3.05, 3.63) is 35.1 Å². The van der Waals surface area contributed by atoms with Crippen LogP contribution in [0.3, 0.4) is 0 Å². The molecule has 0 unspecified atom stereocenters. The van der Waals surface area contributed by atoms with Gasteiger partial charge >= 0.3 is 0 Å². The van der Waals surface area contributed by atoms with Crippen LogP contribution in [0, 0.1) is 5.82 Å². The number of hydrogen-bond acceptors (Lipinski definition) is 3. The van der Waals surface area contributed by atoms with Gasteiger partial charge in [0.15, 0.2) is 0 Å². The van der Waals surface area contributed by atoms with Crippen LogP contribution in [0.2, 0.25) is 0 Å². The molecular formula is C12H17FN2OS. The summed E-state index contributed by atoms with van der Waals surface area (Å²) in [5.74, 6) is 1.20. The number of rotatable bonds is 3. The lowest BCUT2D eigenvalue weighted by Gasteiger charge is -2.26. The minimum Gasteiger partial charge on any atom is -0.326 e. The lowest BCUT2D eigenvalue weighted by atomic mass is 10.1. The first-order chi connectivity index (χ1) is 8.19. The molecule has 1 aromatic rings. The molecule has 2 N–H and O–H groups in total. The molecule has 1 aromatic carbocycles. The summed E-state index contributed by atoms with van der Waals surface area (Å²) in [6.45, 7) is 2.52. The van der Waals surface area contributed by atoms with Gasteiger partial charge in [0.25, 0.3) is 0 Å². The highest BCUT2D eigenvalue weighted by molar-refractivity contribution is 7.85. The molecule has 94 valence electrons. The maximum Gasteiger partial charge on any atom is 0.128 e. The smallest absolute Gasteiger partial charge is 0.128 e. The van der Waals surface area contributed by atoms with Crippen molar-refractivity contribution < 1.29 is 8.60 Å². The first kappa shape index (κ1) is 12.7. The second-order valence-electron chi connectivity index (χ2n) is 4.25. The molecule has 0 bridgehead atoms. The topological polar surface area (TPSA) is 46.3 Å². The maximum absolute atomic E-state index is 13.7. The van der Waals surface area contributed by atoms with E-state index in [1.165, 1.54) is 6.07 Å². The Hall–Kier alpha value is -0.780. The summed E-state index contributed by atoms with van der Waals surface area (Å²) in [5, 5.41) is 0. The molecule has 0 radical (unpaired) electrons.